The van der Waals surface area contributed by atoms with Gasteiger partial charge in [0, 0.05) is 49.1 Å². The number of fused-ring (bicyclic) bond motifs is 18. The summed E-state index contributed by atoms with van der Waals surface area (Å²) in [6, 6.07) is 21.7. The molecule has 0 spiro atoms. The second-order valence-electron chi connectivity index (χ2n) is 15.3. The van der Waals surface area contributed by atoms with Crippen LogP contribution in [-0.4, -0.2) is 76.3 Å². The van der Waals surface area contributed by atoms with E-state index in [0.717, 1.165) is 16.0 Å². The minimum atomic E-state index is -1.44. The van der Waals surface area contributed by atoms with Gasteiger partial charge in [-0.1, -0.05) is 72.8 Å². The summed E-state index contributed by atoms with van der Waals surface area (Å²) in [7, 11) is 0. The summed E-state index contributed by atoms with van der Waals surface area (Å²) in [6.45, 7) is 5.06. The molecule has 2 bridgehead atoms. The van der Waals surface area contributed by atoms with Crippen LogP contribution in [0, 0.1) is 0 Å². The van der Waals surface area contributed by atoms with Crippen LogP contribution in [0.2, 0.25) is 0 Å². The number of anilines is 1. The Morgan fingerprint density at radius 2 is 1.31 bits per heavy atom. The van der Waals surface area contributed by atoms with E-state index in [-0.39, 0.29) is 44.9 Å². The van der Waals surface area contributed by atoms with Crippen LogP contribution >= 0.6 is 11.3 Å². The van der Waals surface area contributed by atoms with Crippen molar-refractivity contribution in [1.82, 2.24) is 21.3 Å². The Bertz CT molecular complexity index is 2100. The van der Waals surface area contributed by atoms with Crippen molar-refractivity contribution in [3.8, 4) is 11.1 Å². The highest BCUT2D eigenvalue weighted by Crippen LogP contribution is 2.21. The van der Waals surface area contributed by atoms with Crippen LogP contribution in [-0.2, 0) is 57.6 Å². The van der Waals surface area contributed by atoms with Gasteiger partial charge in [0.2, 0.25) is 29.5 Å². The van der Waals surface area contributed by atoms with Crippen molar-refractivity contribution >= 4 is 58.5 Å². The second-order valence-corrected chi connectivity index (χ2v) is 16.3. The fraction of sp³-hybridized carbons (Fsp3) is 0.341. The summed E-state index contributed by atoms with van der Waals surface area (Å²) in [4.78, 5) is 94.5. The van der Waals surface area contributed by atoms with Crippen LogP contribution in [0.5, 0.6) is 0 Å². The van der Waals surface area contributed by atoms with Crippen molar-refractivity contribution < 1.29 is 43.4 Å². The van der Waals surface area contributed by atoms with E-state index in [9.17, 15) is 38.7 Å². The zero-order valence-electron chi connectivity index (χ0n) is 33.1. The maximum absolute atomic E-state index is 14.3. The molecule has 4 atom stereocenters. The number of amides is 5. The number of carbonyl (C=O) groups excluding carboxylic acids is 6. The number of hydrogen-bond acceptors (Lipinski definition) is 9. The van der Waals surface area contributed by atoms with Crippen molar-refractivity contribution in [2.75, 3.05) is 5.32 Å². The molecule has 0 radical (unpaired) electrons. The Hall–Kier alpha value is -6.35. The van der Waals surface area contributed by atoms with E-state index in [1.54, 1.807) is 57.2 Å². The van der Waals surface area contributed by atoms with Gasteiger partial charge in [-0.25, -0.2) is 4.79 Å². The largest absolute Gasteiger partial charge is 0.480 e. The zero-order chi connectivity index (χ0) is 42.5. The number of carboxylic acids is 1. The molecule has 6 rings (SSSR count). The van der Waals surface area contributed by atoms with E-state index < -0.39 is 71.2 Å². The third-order valence-electron chi connectivity index (χ3n) is 9.33. The number of ether oxygens (including phenoxy) is 1. The Kier molecular flexibility index (Phi) is 15.1. The fourth-order valence-corrected chi connectivity index (χ4v) is 7.12. The predicted molar refractivity (Wildman–Crippen MR) is 222 cm³/mol. The number of hydrogen-bond donors (Lipinski definition) is 6. The summed E-state index contributed by atoms with van der Waals surface area (Å²) in [5.41, 5.74) is 2.65. The maximum Gasteiger partial charge on any atom is 0.326 e. The molecule has 3 aromatic carbocycles. The Morgan fingerprint density at radius 3 is 1.93 bits per heavy atom. The first-order valence-electron chi connectivity index (χ1n) is 19.3. The number of aliphatic carboxylic acids is 1. The van der Waals surface area contributed by atoms with Crippen LogP contribution < -0.4 is 26.6 Å². The van der Waals surface area contributed by atoms with Gasteiger partial charge in [0.1, 0.15) is 29.8 Å². The molecule has 310 valence electrons. The summed E-state index contributed by atoms with van der Waals surface area (Å²) < 4.78 is 5.44. The SMILES string of the molecule is CC(C)(C)OC(=O)CC[C@@H]1NC(=O)[C@H](Cc2ccc(-c3ccccc3)cc2)NC(=O)[C@@H](Cc2cccs2)NC(=O)CCC(=O)Nc2ccc(cc2)C[C@@H](C(=O)O)NC1=O. The molecule has 2 aliphatic heterocycles. The molecule has 5 amide bonds. The Balaban J connectivity index is 1.49. The van der Waals surface area contributed by atoms with Crippen LogP contribution in [0.3, 0.4) is 0 Å². The zero-order valence-corrected chi connectivity index (χ0v) is 33.9. The second kappa shape index (κ2) is 20.4. The van der Waals surface area contributed by atoms with Crippen LogP contribution in [0.4, 0.5) is 5.69 Å². The van der Waals surface area contributed by atoms with Gasteiger partial charge in [-0.15, -0.1) is 11.3 Å². The van der Waals surface area contributed by atoms with E-state index in [1.807, 2.05) is 60.0 Å². The van der Waals surface area contributed by atoms with Crippen molar-refractivity contribution in [2.24, 2.45) is 0 Å². The standard InChI is InChI=1S/C44H49N5O9S/c1-44(2,3)58-39(52)22-19-33-40(53)49-36(43(56)57)25-28-13-17-31(18-14-28)45-37(50)20-21-38(51)46-35(26-32-10-7-23-59-32)42(55)48-34(41(54)47-33)24-27-11-15-30(16-12-27)29-8-5-4-6-9-29/h4-18,23,33-36H,19-22,24-26H2,1-3H3,(H,45,50)(H,46,51)(H,47,54)(H,48,55)(H,49,53)(H,56,57)/t33-,34-,35+,36-/m0/s1. The molecule has 15 heteroatoms. The Labute approximate surface area is 346 Å². The molecule has 1 aromatic heterocycles. The van der Waals surface area contributed by atoms with Crippen molar-refractivity contribution in [3.63, 3.8) is 0 Å². The molecule has 0 saturated heterocycles. The third kappa shape index (κ3) is 13.9. The fourth-order valence-electron chi connectivity index (χ4n) is 6.37. The lowest BCUT2D eigenvalue weighted by atomic mass is 9.99. The normalized spacial score (nSPS) is 19.9. The number of benzene rings is 3. The monoisotopic (exact) mass is 823 g/mol. The van der Waals surface area contributed by atoms with Gasteiger partial charge < -0.3 is 36.4 Å². The van der Waals surface area contributed by atoms with E-state index in [4.69, 9.17) is 4.74 Å². The van der Waals surface area contributed by atoms with E-state index in [1.165, 1.54) is 11.3 Å². The van der Waals surface area contributed by atoms with Crippen molar-refractivity contribution in [1.29, 1.82) is 0 Å². The lowest BCUT2D eigenvalue weighted by Crippen LogP contribution is -2.58. The minimum absolute atomic E-state index is 0.0412. The number of carbonyl (C=O) groups is 7. The molecule has 0 saturated carbocycles. The molecule has 0 fully saturated rings. The number of thiophene rings is 1. The predicted octanol–water partition coefficient (Wildman–Crippen LogP) is 4.32. The van der Waals surface area contributed by atoms with Gasteiger partial charge in [-0.05, 0) is 73.0 Å². The quantitative estimate of drug-likeness (QED) is 0.105. The first-order chi connectivity index (χ1) is 28.1. The average Bonchev–Trinajstić information content (AvgIpc) is 3.71. The van der Waals surface area contributed by atoms with Gasteiger partial charge in [0.05, 0.1) is 0 Å². The van der Waals surface area contributed by atoms with Crippen molar-refractivity contribution in [2.45, 2.75) is 95.5 Å². The molecule has 6 N–H and O–H groups in total. The van der Waals surface area contributed by atoms with Gasteiger partial charge in [0.15, 0.2) is 0 Å². The molecule has 2 aliphatic rings. The summed E-state index contributed by atoms with van der Waals surface area (Å²) >= 11 is 1.38. The summed E-state index contributed by atoms with van der Waals surface area (Å²) in [5, 5.41) is 25.4. The number of nitrogens with one attached hydrogen (secondary N) is 5. The maximum atomic E-state index is 14.3. The lowest BCUT2D eigenvalue weighted by molar-refractivity contribution is -0.155. The average molecular weight is 824 g/mol. The lowest BCUT2D eigenvalue weighted by Gasteiger charge is -2.26. The molecule has 4 aromatic rings. The van der Waals surface area contributed by atoms with Crippen LogP contribution in [0.25, 0.3) is 11.1 Å². The number of carboxylic acid groups (broad SMARTS) is 1. The molecule has 3 heterocycles. The molecule has 0 unspecified atom stereocenters. The van der Waals surface area contributed by atoms with Crippen LogP contribution in [0.15, 0.2) is 96.4 Å². The van der Waals surface area contributed by atoms with Crippen LogP contribution in [0.1, 0.15) is 62.5 Å². The number of rotatable bonds is 9. The molecule has 0 aliphatic carbocycles. The third-order valence-corrected chi connectivity index (χ3v) is 10.2. The summed E-state index contributed by atoms with van der Waals surface area (Å²) in [5.74, 6) is -5.35. The van der Waals surface area contributed by atoms with Gasteiger partial charge >= 0.3 is 11.9 Å². The highest BCUT2D eigenvalue weighted by atomic mass is 32.1. The molecule has 14 nitrogen and oxygen atoms in total. The van der Waals surface area contributed by atoms with E-state index >= 15 is 0 Å². The topological polar surface area (TPSA) is 209 Å². The molecular formula is C44H49N5O9S. The smallest absolute Gasteiger partial charge is 0.326 e. The highest BCUT2D eigenvalue weighted by molar-refractivity contribution is 7.09. The van der Waals surface area contributed by atoms with Crippen molar-refractivity contribution in [3.05, 3.63) is 112 Å². The highest BCUT2D eigenvalue weighted by Gasteiger charge is 2.33. The van der Waals surface area contributed by atoms with E-state index in [2.05, 4.69) is 26.6 Å². The number of esters is 1. The van der Waals surface area contributed by atoms with Gasteiger partial charge in [-0.3, -0.25) is 28.8 Å². The molecular weight excluding hydrogens is 775 g/mol. The minimum Gasteiger partial charge on any atom is -0.480 e. The van der Waals surface area contributed by atoms with Gasteiger partial charge in [-0.2, -0.15) is 0 Å². The van der Waals surface area contributed by atoms with E-state index in [0.29, 0.717) is 16.8 Å². The molecule has 59 heavy (non-hydrogen) atoms. The first-order valence-corrected chi connectivity index (χ1v) is 20.2. The first kappa shape index (κ1) is 43.8. The summed E-state index contributed by atoms with van der Waals surface area (Å²) in [6.07, 6.45) is -1.08. The van der Waals surface area contributed by atoms with Gasteiger partial charge in [0.25, 0.3) is 0 Å². The Morgan fingerprint density at radius 1 is 0.695 bits per heavy atom.